The minimum absolute atomic E-state index is 0.318. The Hall–Kier alpha value is -3.35. The topological polar surface area (TPSA) is 112 Å². The van der Waals surface area contributed by atoms with Crippen LogP contribution in [0, 0.1) is 0 Å². The van der Waals surface area contributed by atoms with Crippen LogP contribution < -0.4 is 10.6 Å². The predicted molar refractivity (Wildman–Crippen MR) is 92.6 cm³/mol. The summed E-state index contributed by atoms with van der Waals surface area (Å²) in [5.74, 6) is -0.0478. The Labute approximate surface area is 143 Å². The van der Waals surface area contributed by atoms with Crippen molar-refractivity contribution in [1.29, 1.82) is 0 Å². The number of nitrogens with two attached hydrogens (primary N) is 1. The molecule has 1 atom stereocenters. The van der Waals surface area contributed by atoms with Crippen LogP contribution in [0.15, 0.2) is 42.5 Å². The first-order chi connectivity index (χ1) is 12.1. The summed E-state index contributed by atoms with van der Waals surface area (Å²) >= 11 is 0. The highest BCUT2D eigenvalue weighted by atomic mass is 16.4. The number of para-hydroxylation sites is 2. The molecule has 1 aliphatic heterocycles. The SMILES string of the molecule is NC(=O)c1cccc2[nH]c(C3CCc4ccccc4N3C(=O)O)nc12. The molecule has 0 saturated heterocycles. The van der Waals surface area contributed by atoms with Gasteiger partial charge >= 0.3 is 6.09 Å². The quantitative estimate of drug-likeness (QED) is 0.668. The third-order valence-corrected chi connectivity index (χ3v) is 4.57. The highest BCUT2D eigenvalue weighted by molar-refractivity contribution is 6.04. The number of carboxylic acid groups (broad SMARTS) is 1. The van der Waals surface area contributed by atoms with Gasteiger partial charge in [-0.25, -0.2) is 9.78 Å². The van der Waals surface area contributed by atoms with Crippen LogP contribution in [0.3, 0.4) is 0 Å². The number of aromatic nitrogens is 2. The van der Waals surface area contributed by atoms with Gasteiger partial charge in [-0.15, -0.1) is 0 Å². The van der Waals surface area contributed by atoms with E-state index in [4.69, 9.17) is 5.73 Å². The Morgan fingerprint density at radius 2 is 2.00 bits per heavy atom. The van der Waals surface area contributed by atoms with E-state index < -0.39 is 18.0 Å². The van der Waals surface area contributed by atoms with Crippen molar-refractivity contribution in [2.45, 2.75) is 18.9 Å². The number of aromatic amines is 1. The molecular weight excluding hydrogens is 320 g/mol. The molecule has 0 aliphatic carbocycles. The van der Waals surface area contributed by atoms with Crippen LogP contribution in [-0.4, -0.2) is 27.1 Å². The number of H-pyrrole nitrogens is 1. The summed E-state index contributed by atoms with van der Waals surface area (Å²) in [6.45, 7) is 0. The van der Waals surface area contributed by atoms with Gasteiger partial charge in [0.2, 0.25) is 0 Å². The van der Waals surface area contributed by atoms with Crippen LogP contribution in [0.4, 0.5) is 10.5 Å². The second-order valence-corrected chi connectivity index (χ2v) is 6.02. The summed E-state index contributed by atoms with van der Waals surface area (Å²) in [5, 5.41) is 9.74. The molecule has 1 unspecified atom stereocenters. The van der Waals surface area contributed by atoms with Crippen LogP contribution in [0.5, 0.6) is 0 Å². The first-order valence-electron chi connectivity index (χ1n) is 7.95. The molecule has 0 fully saturated rings. The van der Waals surface area contributed by atoms with Gasteiger partial charge < -0.3 is 15.8 Å². The normalized spacial score (nSPS) is 16.6. The molecular formula is C18H16N4O3. The zero-order chi connectivity index (χ0) is 17.6. The third kappa shape index (κ3) is 2.40. The highest BCUT2D eigenvalue weighted by Gasteiger charge is 2.34. The molecule has 3 aromatic rings. The Balaban J connectivity index is 1.84. The molecule has 0 spiro atoms. The van der Waals surface area contributed by atoms with E-state index in [-0.39, 0.29) is 0 Å². The molecule has 1 aliphatic rings. The largest absolute Gasteiger partial charge is 0.465 e. The summed E-state index contributed by atoms with van der Waals surface area (Å²) in [4.78, 5) is 32.5. The zero-order valence-corrected chi connectivity index (χ0v) is 13.3. The van der Waals surface area contributed by atoms with E-state index >= 15 is 0 Å². The Morgan fingerprint density at radius 1 is 1.20 bits per heavy atom. The van der Waals surface area contributed by atoms with Gasteiger partial charge in [-0.2, -0.15) is 0 Å². The Morgan fingerprint density at radius 3 is 2.76 bits per heavy atom. The van der Waals surface area contributed by atoms with E-state index in [1.54, 1.807) is 24.3 Å². The van der Waals surface area contributed by atoms with Crippen LogP contribution >= 0.6 is 0 Å². The van der Waals surface area contributed by atoms with Crippen LogP contribution in [0.1, 0.15) is 34.2 Å². The van der Waals surface area contributed by atoms with E-state index in [1.165, 1.54) is 4.90 Å². The lowest BCUT2D eigenvalue weighted by Gasteiger charge is -2.34. The molecule has 4 N–H and O–H groups in total. The maximum Gasteiger partial charge on any atom is 0.412 e. The van der Waals surface area contributed by atoms with Crippen LogP contribution in [0.25, 0.3) is 11.0 Å². The number of amides is 2. The van der Waals surface area contributed by atoms with Crippen molar-refractivity contribution in [3.05, 3.63) is 59.4 Å². The van der Waals surface area contributed by atoms with E-state index in [0.717, 1.165) is 12.0 Å². The zero-order valence-electron chi connectivity index (χ0n) is 13.3. The summed E-state index contributed by atoms with van der Waals surface area (Å²) in [6, 6.07) is 12.1. The molecule has 2 heterocycles. The van der Waals surface area contributed by atoms with E-state index in [1.807, 2.05) is 18.2 Å². The average molecular weight is 336 g/mol. The van der Waals surface area contributed by atoms with Gasteiger partial charge in [0, 0.05) is 0 Å². The first kappa shape index (κ1) is 15.2. The molecule has 7 nitrogen and oxygen atoms in total. The average Bonchev–Trinajstić information content (AvgIpc) is 3.04. The van der Waals surface area contributed by atoms with Gasteiger partial charge in [-0.1, -0.05) is 24.3 Å². The van der Waals surface area contributed by atoms with E-state index in [0.29, 0.717) is 34.5 Å². The predicted octanol–water partition coefficient (Wildman–Crippen LogP) is 2.83. The number of nitrogens with one attached hydrogen (secondary N) is 1. The molecule has 126 valence electrons. The lowest BCUT2D eigenvalue weighted by molar-refractivity contribution is 0.100. The molecule has 0 radical (unpaired) electrons. The van der Waals surface area contributed by atoms with Crippen molar-refractivity contribution < 1.29 is 14.7 Å². The number of benzene rings is 2. The fourth-order valence-electron chi connectivity index (χ4n) is 3.45. The standard InChI is InChI=1S/C18H16N4O3/c19-16(23)11-5-3-6-12-15(11)21-17(20-12)14-9-8-10-4-1-2-7-13(10)22(14)18(24)25/h1-7,14H,8-9H2,(H2,19,23)(H,20,21)(H,24,25). The van der Waals surface area contributed by atoms with Gasteiger partial charge in [0.05, 0.1) is 22.8 Å². The molecule has 2 amide bonds. The van der Waals surface area contributed by atoms with Gasteiger partial charge in [-0.3, -0.25) is 9.69 Å². The fraction of sp³-hybridized carbons (Fsp3) is 0.167. The number of carbonyl (C=O) groups excluding carboxylic acids is 1. The van der Waals surface area contributed by atoms with Gasteiger partial charge in [-0.05, 0) is 36.6 Å². The lowest BCUT2D eigenvalue weighted by atomic mass is 9.96. The first-order valence-corrected chi connectivity index (χ1v) is 7.95. The summed E-state index contributed by atoms with van der Waals surface area (Å²) in [7, 11) is 0. The lowest BCUT2D eigenvalue weighted by Crippen LogP contribution is -2.37. The number of carbonyl (C=O) groups is 2. The number of hydrogen-bond donors (Lipinski definition) is 3. The number of rotatable bonds is 2. The number of imidazole rings is 1. The van der Waals surface area contributed by atoms with Crippen molar-refractivity contribution in [3.8, 4) is 0 Å². The minimum Gasteiger partial charge on any atom is -0.465 e. The number of aryl methyl sites for hydroxylation is 1. The molecule has 25 heavy (non-hydrogen) atoms. The monoisotopic (exact) mass is 336 g/mol. The molecule has 4 rings (SSSR count). The molecule has 0 saturated carbocycles. The van der Waals surface area contributed by atoms with E-state index in [9.17, 15) is 14.7 Å². The van der Waals surface area contributed by atoms with E-state index in [2.05, 4.69) is 9.97 Å². The number of fused-ring (bicyclic) bond motifs is 2. The Bertz CT molecular complexity index is 995. The number of anilines is 1. The maximum absolute atomic E-state index is 11.9. The van der Waals surface area contributed by atoms with Crippen molar-refractivity contribution in [2.75, 3.05) is 4.90 Å². The second kappa shape index (κ2) is 5.62. The molecule has 7 heteroatoms. The maximum atomic E-state index is 11.9. The summed E-state index contributed by atoms with van der Waals surface area (Å²) < 4.78 is 0. The van der Waals surface area contributed by atoms with Crippen molar-refractivity contribution in [2.24, 2.45) is 5.73 Å². The minimum atomic E-state index is -1.03. The second-order valence-electron chi connectivity index (χ2n) is 6.02. The van der Waals surface area contributed by atoms with Crippen LogP contribution in [0.2, 0.25) is 0 Å². The Kier molecular flexibility index (Phi) is 3.42. The summed E-state index contributed by atoms with van der Waals surface area (Å²) in [5.41, 5.74) is 8.52. The number of primary amides is 1. The van der Waals surface area contributed by atoms with Crippen LogP contribution in [-0.2, 0) is 6.42 Å². The molecule has 1 aromatic heterocycles. The third-order valence-electron chi connectivity index (χ3n) is 4.57. The summed E-state index contributed by atoms with van der Waals surface area (Å²) in [6.07, 6.45) is 0.326. The van der Waals surface area contributed by atoms with Gasteiger partial charge in [0.15, 0.2) is 0 Å². The molecule has 0 bridgehead atoms. The van der Waals surface area contributed by atoms with Gasteiger partial charge in [0.1, 0.15) is 11.3 Å². The van der Waals surface area contributed by atoms with Crippen molar-refractivity contribution in [3.63, 3.8) is 0 Å². The highest BCUT2D eigenvalue weighted by Crippen LogP contribution is 2.38. The smallest absolute Gasteiger partial charge is 0.412 e. The van der Waals surface area contributed by atoms with Crippen molar-refractivity contribution in [1.82, 2.24) is 9.97 Å². The molecule has 2 aromatic carbocycles. The van der Waals surface area contributed by atoms with Crippen molar-refractivity contribution >= 4 is 28.7 Å². The van der Waals surface area contributed by atoms with Gasteiger partial charge in [0.25, 0.3) is 5.91 Å². The fourth-order valence-corrected chi connectivity index (χ4v) is 3.45. The number of nitrogens with zero attached hydrogens (tertiary/aromatic N) is 2. The number of hydrogen-bond acceptors (Lipinski definition) is 3.